The van der Waals surface area contributed by atoms with Crippen LogP contribution in [0.25, 0.3) is 0 Å². The highest BCUT2D eigenvalue weighted by Crippen LogP contribution is 2.23. The SMILES string of the molecule is Cc1ccc(NC(=O)COC(=O)c2ccccc2OCC(N)=O)c(Br)c1. The van der Waals surface area contributed by atoms with Gasteiger partial charge in [-0.1, -0.05) is 18.2 Å². The molecule has 0 saturated heterocycles. The monoisotopic (exact) mass is 420 g/mol. The maximum atomic E-state index is 12.2. The summed E-state index contributed by atoms with van der Waals surface area (Å²) in [5, 5.41) is 2.64. The highest BCUT2D eigenvalue weighted by molar-refractivity contribution is 9.10. The first-order valence-electron chi connectivity index (χ1n) is 7.60. The van der Waals surface area contributed by atoms with E-state index in [4.69, 9.17) is 15.2 Å². The van der Waals surface area contributed by atoms with Gasteiger partial charge in [0.05, 0.1) is 5.69 Å². The molecular weight excluding hydrogens is 404 g/mol. The van der Waals surface area contributed by atoms with E-state index in [0.717, 1.165) is 10.0 Å². The standard InChI is InChI=1S/C18H17BrN2O5/c1-11-6-7-14(13(19)8-11)21-17(23)10-26-18(24)12-4-2-3-5-15(12)25-9-16(20)22/h2-8H,9-10H2,1H3,(H2,20,22)(H,21,23). The lowest BCUT2D eigenvalue weighted by Crippen LogP contribution is -2.23. The number of carbonyl (C=O) groups excluding carboxylic acids is 3. The molecule has 7 nitrogen and oxygen atoms in total. The Morgan fingerprint density at radius 1 is 1.12 bits per heavy atom. The summed E-state index contributed by atoms with van der Waals surface area (Å²) in [6.45, 7) is 1.09. The molecule has 3 N–H and O–H groups in total. The molecule has 136 valence electrons. The van der Waals surface area contributed by atoms with Crippen LogP contribution >= 0.6 is 15.9 Å². The Bertz CT molecular complexity index is 838. The number of nitrogens with two attached hydrogens (primary N) is 1. The topological polar surface area (TPSA) is 108 Å². The number of nitrogens with one attached hydrogen (secondary N) is 1. The Kier molecular flexibility index (Phi) is 6.74. The third-order valence-electron chi connectivity index (χ3n) is 3.21. The van der Waals surface area contributed by atoms with E-state index in [1.165, 1.54) is 12.1 Å². The van der Waals surface area contributed by atoms with Gasteiger partial charge in [-0.3, -0.25) is 9.59 Å². The largest absolute Gasteiger partial charge is 0.483 e. The molecule has 0 aliphatic heterocycles. The fourth-order valence-electron chi connectivity index (χ4n) is 2.03. The predicted molar refractivity (Wildman–Crippen MR) is 98.9 cm³/mol. The number of esters is 1. The molecule has 0 spiro atoms. The number of halogens is 1. The molecule has 0 aliphatic rings. The number of carbonyl (C=O) groups is 3. The number of aryl methyl sites for hydroxylation is 1. The number of amides is 2. The van der Waals surface area contributed by atoms with Crippen molar-refractivity contribution in [2.45, 2.75) is 6.92 Å². The first-order valence-corrected chi connectivity index (χ1v) is 8.39. The molecular formula is C18H17BrN2O5. The lowest BCUT2D eigenvalue weighted by molar-refractivity contribution is -0.120. The molecule has 2 aromatic carbocycles. The molecule has 2 amide bonds. The van der Waals surface area contributed by atoms with Crippen molar-refractivity contribution in [3.05, 3.63) is 58.1 Å². The van der Waals surface area contributed by atoms with E-state index in [1.54, 1.807) is 18.2 Å². The molecule has 0 aliphatic carbocycles. The molecule has 2 aromatic rings. The maximum absolute atomic E-state index is 12.2. The van der Waals surface area contributed by atoms with Crippen LogP contribution in [0.2, 0.25) is 0 Å². The minimum Gasteiger partial charge on any atom is -0.483 e. The number of benzene rings is 2. The first kappa shape index (κ1) is 19.5. The number of rotatable bonds is 7. The highest BCUT2D eigenvalue weighted by atomic mass is 79.9. The second-order valence-corrected chi connectivity index (χ2v) is 6.21. The number of hydrogen-bond donors (Lipinski definition) is 2. The van der Waals surface area contributed by atoms with Crippen LogP contribution in [0.5, 0.6) is 5.75 Å². The van der Waals surface area contributed by atoms with Gasteiger partial charge in [-0.25, -0.2) is 4.79 Å². The Hall–Kier alpha value is -2.87. The summed E-state index contributed by atoms with van der Waals surface area (Å²) in [5.74, 6) is -1.75. The molecule has 0 bridgehead atoms. The molecule has 8 heteroatoms. The number of para-hydroxylation sites is 1. The molecule has 0 aromatic heterocycles. The smallest absolute Gasteiger partial charge is 0.342 e. The van der Waals surface area contributed by atoms with Gasteiger partial charge in [0.15, 0.2) is 13.2 Å². The summed E-state index contributed by atoms with van der Waals surface area (Å²) < 4.78 is 10.9. The van der Waals surface area contributed by atoms with Crippen molar-refractivity contribution in [2.75, 3.05) is 18.5 Å². The summed E-state index contributed by atoms with van der Waals surface area (Å²) >= 11 is 3.35. The van der Waals surface area contributed by atoms with Crippen molar-refractivity contribution in [1.29, 1.82) is 0 Å². The van der Waals surface area contributed by atoms with Gasteiger partial charge in [0.1, 0.15) is 11.3 Å². The third kappa shape index (κ3) is 5.59. The molecule has 0 heterocycles. The predicted octanol–water partition coefficient (Wildman–Crippen LogP) is 2.42. The molecule has 0 atom stereocenters. The maximum Gasteiger partial charge on any atom is 0.342 e. The van der Waals surface area contributed by atoms with Crippen LogP contribution in [0.1, 0.15) is 15.9 Å². The minimum absolute atomic E-state index is 0.0954. The van der Waals surface area contributed by atoms with Gasteiger partial charge in [-0.05, 0) is 52.7 Å². The van der Waals surface area contributed by atoms with Gasteiger partial charge in [-0.15, -0.1) is 0 Å². The van der Waals surface area contributed by atoms with E-state index in [1.807, 2.05) is 19.1 Å². The lowest BCUT2D eigenvalue weighted by atomic mass is 10.2. The van der Waals surface area contributed by atoms with Crippen molar-refractivity contribution in [3.8, 4) is 5.75 Å². The Morgan fingerprint density at radius 3 is 2.54 bits per heavy atom. The Balaban J connectivity index is 1.96. The number of anilines is 1. The first-order chi connectivity index (χ1) is 12.4. The average Bonchev–Trinajstić information content (AvgIpc) is 2.60. The molecule has 0 fully saturated rings. The summed E-state index contributed by atoms with van der Waals surface area (Å²) in [4.78, 5) is 35.0. The van der Waals surface area contributed by atoms with Crippen LogP contribution in [0.3, 0.4) is 0 Å². The van der Waals surface area contributed by atoms with Gasteiger partial charge in [0.25, 0.3) is 11.8 Å². The average molecular weight is 421 g/mol. The second kappa shape index (κ2) is 9.00. The van der Waals surface area contributed by atoms with Gasteiger partial charge in [0, 0.05) is 4.47 Å². The van der Waals surface area contributed by atoms with Crippen LogP contribution in [0, 0.1) is 6.92 Å². The van der Waals surface area contributed by atoms with E-state index >= 15 is 0 Å². The van der Waals surface area contributed by atoms with Crippen molar-refractivity contribution in [3.63, 3.8) is 0 Å². The summed E-state index contributed by atoms with van der Waals surface area (Å²) in [6.07, 6.45) is 0. The zero-order valence-corrected chi connectivity index (χ0v) is 15.5. The molecule has 0 radical (unpaired) electrons. The molecule has 0 unspecified atom stereocenters. The Morgan fingerprint density at radius 2 is 1.85 bits per heavy atom. The fourth-order valence-corrected chi connectivity index (χ4v) is 2.62. The molecule has 0 saturated carbocycles. The second-order valence-electron chi connectivity index (χ2n) is 5.36. The van der Waals surface area contributed by atoms with Crippen LogP contribution in [0.4, 0.5) is 5.69 Å². The van der Waals surface area contributed by atoms with Gasteiger partial charge in [-0.2, -0.15) is 0 Å². The normalized spacial score (nSPS) is 10.1. The Labute approximate surface area is 158 Å². The van der Waals surface area contributed by atoms with Crippen molar-refractivity contribution < 1.29 is 23.9 Å². The summed E-state index contributed by atoms with van der Waals surface area (Å²) in [7, 11) is 0. The van der Waals surface area contributed by atoms with Crippen molar-refractivity contribution in [1.82, 2.24) is 0 Å². The van der Waals surface area contributed by atoms with Crippen LogP contribution in [-0.4, -0.2) is 31.0 Å². The van der Waals surface area contributed by atoms with Gasteiger partial charge >= 0.3 is 5.97 Å². The van der Waals surface area contributed by atoms with E-state index in [0.29, 0.717) is 5.69 Å². The molecule has 2 rings (SSSR count). The van der Waals surface area contributed by atoms with Crippen molar-refractivity contribution in [2.24, 2.45) is 5.73 Å². The lowest BCUT2D eigenvalue weighted by Gasteiger charge is -2.11. The van der Waals surface area contributed by atoms with E-state index in [-0.39, 0.29) is 17.9 Å². The third-order valence-corrected chi connectivity index (χ3v) is 3.87. The van der Waals surface area contributed by atoms with Gasteiger partial charge in [0.2, 0.25) is 0 Å². The van der Waals surface area contributed by atoms with Crippen LogP contribution < -0.4 is 15.8 Å². The number of primary amides is 1. The van der Waals surface area contributed by atoms with Crippen LogP contribution in [0.15, 0.2) is 46.9 Å². The zero-order valence-electron chi connectivity index (χ0n) is 14.0. The number of hydrogen-bond acceptors (Lipinski definition) is 5. The quantitative estimate of drug-likeness (QED) is 0.668. The highest BCUT2D eigenvalue weighted by Gasteiger charge is 2.16. The summed E-state index contributed by atoms with van der Waals surface area (Å²) in [6, 6.07) is 11.7. The zero-order chi connectivity index (χ0) is 19.1. The van der Waals surface area contributed by atoms with Crippen molar-refractivity contribution >= 4 is 39.4 Å². The van der Waals surface area contributed by atoms with E-state index in [9.17, 15) is 14.4 Å². The van der Waals surface area contributed by atoms with E-state index < -0.39 is 24.4 Å². The van der Waals surface area contributed by atoms with Gasteiger partial charge < -0.3 is 20.5 Å². The summed E-state index contributed by atoms with van der Waals surface area (Å²) in [5.41, 5.74) is 6.73. The van der Waals surface area contributed by atoms with Crippen LogP contribution in [-0.2, 0) is 14.3 Å². The number of ether oxygens (including phenoxy) is 2. The fraction of sp³-hybridized carbons (Fsp3) is 0.167. The van der Waals surface area contributed by atoms with E-state index in [2.05, 4.69) is 21.2 Å². The molecule has 26 heavy (non-hydrogen) atoms. The minimum atomic E-state index is -0.747.